The molecule has 1 atom stereocenters. The summed E-state index contributed by atoms with van der Waals surface area (Å²) in [7, 11) is -2.89. The Morgan fingerprint density at radius 3 is 2.70 bits per heavy atom. The van der Waals surface area contributed by atoms with Crippen molar-refractivity contribution in [1.29, 1.82) is 0 Å². The Bertz CT molecular complexity index is 724. The van der Waals surface area contributed by atoms with Crippen LogP contribution in [0.4, 0.5) is 0 Å². The average molecular weight is 333 g/mol. The molecule has 1 saturated heterocycles. The van der Waals surface area contributed by atoms with Crippen LogP contribution in [-0.4, -0.2) is 48.0 Å². The first kappa shape index (κ1) is 16.2. The van der Waals surface area contributed by atoms with Gasteiger partial charge in [0.15, 0.2) is 0 Å². The molecule has 0 N–H and O–H groups in total. The molecule has 0 amide bonds. The van der Waals surface area contributed by atoms with Crippen molar-refractivity contribution in [1.82, 2.24) is 14.5 Å². The number of hydrogen-bond donors (Lipinski definition) is 0. The van der Waals surface area contributed by atoms with Crippen molar-refractivity contribution in [2.24, 2.45) is 5.92 Å². The number of hydrogen-bond acceptors (Lipinski definition) is 4. The van der Waals surface area contributed by atoms with Gasteiger partial charge in [-0.1, -0.05) is 12.1 Å². The number of likely N-dealkylation sites (tertiary alicyclic amines) is 1. The fourth-order valence-electron chi connectivity index (χ4n) is 3.30. The van der Waals surface area contributed by atoms with Gasteiger partial charge in [0.1, 0.15) is 9.84 Å². The Balaban J connectivity index is 1.60. The van der Waals surface area contributed by atoms with E-state index in [4.69, 9.17) is 0 Å². The minimum absolute atomic E-state index is 0.268. The van der Waals surface area contributed by atoms with Crippen LogP contribution < -0.4 is 0 Å². The van der Waals surface area contributed by atoms with E-state index in [0.717, 1.165) is 38.2 Å². The van der Waals surface area contributed by atoms with E-state index >= 15 is 0 Å². The molecule has 2 heterocycles. The van der Waals surface area contributed by atoms with E-state index in [0.29, 0.717) is 5.75 Å². The van der Waals surface area contributed by atoms with Crippen molar-refractivity contribution in [3.63, 3.8) is 0 Å². The van der Waals surface area contributed by atoms with Crippen LogP contribution in [0.1, 0.15) is 18.4 Å². The van der Waals surface area contributed by atoms with E-state index in [2.05, 4.69) is 34.1 Å². The third-order valence-electron chi connectivity index (χ3n) is 4.29. The number of piperidine rings is 1. The second kappa shape index (κ2) is 6.84. The minimum atomic E-state index is -2.89. The maximum absolute atomic E-state index is 11.5. The summed E-state index contributed by atoms with van der Waals surface area (Å²) in [4.78, 5) is 6.42. The quantitative estimate of drug-likeness (QED) is 0.841. The molecule has 124 valence electrons. The van der Waals surface area contributed by atoms with Gasteiger partial charge in [0.25, 0.3) is 0 Å². The van der Waals surface area contributed by atoms with Gasteiger partial charge in [-0.25, -0.2) is 13.4 Å². The molecule has 0 spiro atoms. The highest BCUT2D eigenvalue weighted by Crippen LogP contribution is 2.20. The number of benzene rings is 1. The van der Waals surface area contributed by atoms with Gasteiger partial charge in [-0.2, -0.15) is 0 Å². The van der Waals surface area contributed by atoms with Gasteiger partial charge in [0.05, 0.1) is 12.1 Å². The van der Waals surface area contributed by atoms with Gasteiger partial charge >= 0.3 is 0 Å². The Morgan fingerprint density at radius 1 is 1.26 bits per heavy atom. The molecular weight excluding hydrogens is 310 g/mol. The molecule has 1 aromatic heterocycles. The number of aromatic nitrogens is 2. The van der Waals surface area contributed by atoms with Crippen LogP contribution in [0.25, 0.3) is 5.69 Å². The van der Waals surface area contributed by atoms with Crippen LogP contribution in [0, 0.1) is 5.92 Å². The molecule has 1 aromatic carbocycles. The maximum Gasteiger partial charge on any atom is 0.147 e. The van der Waals surface area contributed by atoms with E-state index in [1.54, 1.807) is 12.5 Å². The number of imidazole rings is 1. The topological polar surface area (TPSA) is 55.2 Å². The average Bonchev–Trinajstić information content (AvgIpc) is 3.01. The summed E-state index contributed by atoms with van der Waals surface area (Å²) < 4.78 is 25.0. The SMILES string of the molecule is CS(=O)(=O)C[C@H]1CCCN(Cc2ccc(-n3ccnc3)cc2)C1. The van der Waals surface area contributed by atoms with Crippen LogP contribution in [-0.2, 0) is 16.4 Å². The predicted octanol–water partition coefficient (Wildman–Crippen LogP) is 2.13. The molecule has 6 heteroatoms. The van der Waals surface area contributed by atoms with Crippen LogP contribution in [0.15, 0.2) is 43.0 Å². The van der Waals surface area contributed by atoms with Gasteiger partial charge in [0, 0.05) is 37.4 Å². The Labute approximate surface area is 137 Å². The summed E-state index contributed by atoms with van der Waals surface area (Å²) in [6.07, 6.45) is 8.91. The first-order chi connectivity index (χ1) is 11.0. The fourth-order valence-corrected chi connectivity index (χ4v) is 4.43. The first-order valence-electron chi connectivity index (χ1n) is 7.97. The molecule has 5 nitrogen and oxygen atoms in total. The normalized spacial score (nSPS) is 19.8. The van der Waals surface area contributed by atoms with Gasteiger partial charge in [-0.15, -0.1) is 0 Å². The summed E-state index contributed by atoms with van der Waals surface area (Å²) in [5, 5.41) is 0. The van der Waals surface area contributed by atoms with Crippen LogP contribution in [0.3, 0.4) is 0 Å². The lowest BCUT2D eigenvalue weighted by Crippen LogP contribution is -2.37. The molecule has 2 aromatic rings. The molecule has 23 heavy (non-hydrogen) atoms. The molecule has 0 bridgehead atoms. The molecule has 1 aliphatic heterocycles. The van der Waals surface area contributed by atoms with Crippen molar-refractivity contribution in [3.05, 3.63) is 48.5 Å². The molecule has 0 saturated carbocycles. The van der Waals surface area contributed by atoms with E-state index in [1.165, 1.54) is 11.8 Å². The maximum atomic E-state index is 11.5. The molecular formula is C17H23N3O2S. The van der Waals surface area contributed by atoms with E-state index in [9.17, 15) is 8.42 Å². The lowest BCUT2D eigenvalue weighted by atomic mass is 9.99. The van der Waals surface area contributed by atoms with Crippen molar-refractivity contribution in [2.45, 2.75) is 19.4 Å². The second-order valence-corrected chi connectivity index (χ2v) is 8.66. The number of rotatable bonds is 5. The van der Waals surface area contributed by atoms with Gasteiger partial charge in [0.2, 0.25) is 0 Å². The van der Waals surface area contributed by atoms with E-state index < -0.39 is 9.84 Å². The van der Waals surface area contributed by atoms with Gasteiger partial charge in [-0.05, 0) is 43.0 Å². The minimum Gasteiger partial charge on any atom is -0.306 e. The van der Waals surface area contributed by atoms with Crippen molar-refractivity contribution in [2.75, 3.05) is 25.1 Å². The third-order valence-corrected chi connectivity index (χ3v) is 5.36. The summed E-state index contributed by atoms with van der Waals surface area (Å²) in [5.74, 6) is 0.576. The second-order valence-electron chi connectivity index (χ2n) is 6.47. The van der Waals surface area contributed by atoms with Crippen molar-refractivity contribution < 1.29 is 8.42 Å². The number of nitrogens with zero attached hydrogens (tertiary/aromatic N) is 3. The van der Waals surface area contributed by atoms with Crippen LogP contribution in [0.2, 0.25) is 0 Å². The lowest BCUT2D eigenvalue weighted by molar-refractivity contribution is 0.178. The highest BCUT2D eigenvalue weighted by atomic mass is 32.2. The molecule has 0 unspecified atom stereocenters. The van der Waals surface area contributed by atoms with E-state index in [-0.39, 0.29) is 5.92 Å². The zero-order chi connectivity index (χ0) is 16.3. The van der Waals surface area contributed by atoms with Crippen molar-refractivity contribution in [3.8, 4) is 5.69 Å². The largest absolute Gasteiger partial charge is 0.306 e. The fraction of sp³-hybridized carbons (Fsp3) is 0.471. The molecule has 0 radical (unpaired) electrons. The Hall–Kier alpha value is -1.66. The first-order valence-corrected chi connectivity index (χ1v) is 10.0. The molecule has 3 rings (SSSR count). The molecule has 0 aliphatic carbocycles. The zero-order valence-corrected chi connectivity index (χ0v) is 14.2. The zero-order valence-electron chi connectivity index (χ0n) is 13.4. The highest BCUT2D eigenvalue weighted by molar-refractivity contribution is 7.90. The smallest absolute Gasteiger partial charge is 0.147 e. The summed E-state index contributed by atoms with van der Waals surface area (Å²) >= 11 is 0. The lowest BCUT2D eigenvalue weighted by Gasteiger charge is -2.32. The van der Waals surface area contributed by atoms with Gasteiger partial charge in [-0.3, -0.25) is 4.90 Å². The summed E-state index contributed by atoms with van der Waals surface area (Å²) in [6.45, 7) is 2.80. The Morgan fingerprint density at radius 2 is 2.04 bits per heavy atom. The third kappa shape index (κ3) is 4.65. The molecule has 1 fully saturated rings. The Kier molecular flexibility index (Phi) is 4.82. The number of sulfone groups is 1. The highest BCUT2D eigenvalue weighted by Gasteiger charge is 2.23. The molecule has 1 aliphatic rings. The summed E-state index contributed by atoms with van der Waals surface area (Å²) in [5.41, 5.74) is 2.36. The standard InChI is InChI=1S/C17H23N3O2S/c1-23(21,22)13-16-3-2-9-19(12-16)11-15-4-6-17(7-5-15)20-10-8-18-14-20/h4-8,10,14,16H,2-3,9,11-13H2,1H3/t16-/m0/s1. The monoisotopic (exact) mass is 333 g/mol. The van der Waals surface area contributed by atoms with E-state index in [1.807, 2.05) is 10.8 Å². The summed E-state index contributed by atoms with van der Waals surface area (Å²) in [6, 6.07) is 8.45. The van der Waals surface area contributed by atoms with Gasteiger partial charge < -0.3 is 4.57 Å². The van der Waals surface area contributed by atoms with Crippen molar-refractivity contribution >= 4 is 9.84 Å². The van der Waals surface area contributed by atoms with Crippen LogP contribution in [0.5, 0.6) is 0 Å². The predicted molar refractivity (Wildman–Crippen MR) is 91.3 cm³/mol. The van der Waals surface area contributed by atoms with Crippen LogP contribution >= 0.6 is 0 Å².